The van der Waals surface area contributed by atoms with Gasteiger partial charge in [0.15, 0.2) is 0 Å². The topological polar surface area (TPSA) is 53.2 Å². The molecule has 1 aromatic carbocycles. The largest absolute Gasteiger partial charge is 0.338 e. The molecule has 0 unspecified atom stereocenters. The monoisotopic (exact) mass is 247 g/mol. The molecule has 1 saturated carbocycles. The molecule has 0 bridgehead atoms. The van der Waals surface area contributed by atoms with Crippen LogP contribution in [0.5, 0.6) is 0 Å². The predicted octanol–water partition coefficient (Wildman–Crippen LogP) is 1.63. The Hall–Kier alpha value is -1.55. The van der Waals surface area contributed by atoms with E-state index < -0.39 is 0 Å². The number of nitrogens with one attached hydrogen (secondary N) is 3. The molecule has 3 N–H and O–H groups in total. The molecule has 0 radical (unpaired) electrons. The van der Waals surface area contributed by atoms with Gasteiger partial charge in [-0.3, -0.25) is 0 Å². The van der Waals surface area contributed by atoms with Gasteiger partial charge in [-0.05, 0) is 31.4 Å². The Bertz CT molecular complexity index is 363. The molecule has 2 rings (SSSR count). The average Bonchev–Trinajstić information content (AvgIpc) is 3.21. The average molecular weight is 247 g/mol. The fourth-order valence-electron chi connectivity index (χ4n) is 1.72. The van der Waals surface area contributed by atoms with Gasteiger partial charge in [-0.2, -0.15) is 0 Å². The normalized spacial score (nSPS) is 14.2. The Morgan fingerprint density at radius 1 is 1.11 bits per heavy atom. The first-order chi connectivity index (χ1) is 8.84. The van der Waals surface area contributed by atoms with Gasteiger partial charge in [-0.1, -0.05) is 30.3 Å². The number of carbonyl (C=O) groups excluding carboxylic acids is 1. The van der Waals surface area contributed by atoms with Crippen LogP contribution in [0.25, 0.3) is 0 Å². The molecule has 4 nitrogen and oxygen atoms in total. The Morgan fingerprint density at radius 2 is 1.89 bits per heavy atom. The third kappa shape index (κ3) is 5.19. The molecule has 0 atom stereocenters. The van der Waals surface area contributed by atoms with Crippen LogP contribution in [0.15, 0.2) is 30.3 Å². The highest BCUT2D eigenvalue weighted by atomic mass is 16.2. The maximum absolute atomic E-state index is 11.5. The second kappa shape index (κ2) is 7.01. The zero-order chi connectivity index (χ0) is 12.6. The first kappa shape index (κ1) is 12.9. The molecular formula is C14H21N3O. The van der Waals surface area contributed by atoms with Gasteiger partial charge in [-0.25, -0.2) is 4.79 Å². The summed E-state index contributed by atoms with van der Waals surface area (Å²) < 4.78 is 0. The number of carbonyl (C=O) groups is 1. The first-order valence-corrected chi connectivity index (χ1v) is 6.63. The van der Waals surface area contributed by atoms with Crippen molar-refractivity contribution < 1.29 is 4.79 Å². The fourth-order valence-corrected chi connectivity index (χ4v) is 1.72. The molecule has 2 amide bonds. The van der Waals surface area contributed by atoms with Crippen LogP contribution in [0, 0.1) is 0 Å². The van der Waals surface area contributed by atoms with Crippen LogP contribution in [-0.4, -0.2) is 25.2 Å². The molecule has 98 valence electrons. The molecule has 0 heterocycles. The fraction of sp³-hybridized carbons (Fsp3) is 0.500. The molecular weight excluding hydrogens is 226 g/mol. The van der Waals surface area contributed by atoms with Crippen molar-refractivity contribution in [1.82, 2.24) is 16.0 Å². The number of amides is 2. The van der Waals surface area contributed by atoms with Gasteiger partial charge in [0.25, 0.3) is 0 Å². The van der Waals surface area contributed by atoms with Crippen molar-refractivity contribution in [3.8, 4) is 0 Å². The van der Waals surface area contributed by atoms with Crippen molar-refractivity contribution in [2.24, 2.45) is 0 Å². The number of hydrogen-bond acceptors (Lipinski definition) is 2. The van der Waals surface area contributed by atoms with Crippen molar-refractivity contribution in [3.05, 3.63) is 35.9 Å². The predicted molar refractivity (Wildman–Crippen MR) is 72.3 cm³/mol. The Labute approximate surface area is 108 Å². The summed E-state index contributed by atoms with van der Waals surface area (Å²) in [6.07, 6.45) is 3.60. The van der Waals surface area contributed by atoms with E-state index in [-0.39, 0.29) is 6.03 Å². The quantitative estimate of drug-likeness (QED) is 0.641. The van der Waals surface area contributed by atoms with E-state index in [1.165, 1.54) is 12.8 Å². The molecule has 4 heteroatoms. The minimum atomic E-state index is -0.0923. The van der Waals surface area contributed by atoms with Crippen LogP contribution in [0.1, 0.15) is 24.8 Å². The van der Waals surface area contributed by atoms with Gasteiger partial charge in [0.2, 0.25) is 0 Å². The molecule has 1 aliphatic carbocycles. The van der Waals surface area contributed by atoms with Gasteiger partial charge in [0, 0.05) is 19.1 Å². The smallest absolute Gasteiger partial charge is 0.315 e. The molecule has 1 aliphatic rings. The minimum Gasteiger partial charge on any atom is -0.338 e. The lowest BCUT2D eigenvalue weighted by atomic mass is 10.2. The second-order valence-corrected chi connectivity index (χ2v) is 4.68. The molecule has 18 heavy (non-hydrogen) atoms. The summed E-state index contributed by atoms with van der Waals surface area (Å²) in [5, 5.41) is 9.11. The highest BCUT2D eigenvalue weighted by molar-refractivity contribution is 5.73. The molecule has 0 aromatic heterocycles. The Kier molecular flexibility index (Phi) is 5.02. The molecule has 0 saturated heterocycles. The number of hydrogen-bond donors (Lipinski definition) is 3. The van der Waals surface area contributed by atoms with Gasteiger partial charge < -0.3 is 16.0 Å². The van der Waals surface area contributed by atoms with Crippen molar-refractivity contribution in [2.45, 2.75) is 31.8 Å². The second-order valence-electron chi connectivity index (χ2n) is 4.68. The van der Waals surface area contributed by atoms with E-state index in [0.29, 0.717) is 6.54 Å². The van der Waals surface area contributed by atoms with Crippen LogP contribution in [0.4, 0.5) is 4.79 Å². The molecule has 0 spiro atoms. The Balaban J connectivity index is 1.49. The van der Waals surface area contributed by atoms with Crippen molar-refractivity contribution in [1.29, 1.82) is 0 Å². The van der Waals surface area contributed by atoms with Gasteiger partial charge in [0.1, 0.15) is 0 Å². The number of urea groups is 1. The SMILES string of the molecule is O=C(NCCCNC1CC1)NCc1ccccc1. The Morgan fingerprint density at radius 3 is 2.61 bits per heavy atom. The number of rotatable bonds is 7. The lowest BCUT2D eigenvalue weighted by Crippen LogP contribution is -2.36. The zero-order valence-electron chi connectivity index (χ0n) is 10.6. The highest BCUT2D eigenvalue weighted by Crippen LogP contribution is 2.18. The summed E-state index contributed by atoms with van der Waals surface area (Å²) >= 11 is 0. The van der Waals surface area contributed by atoms with Crippen LogP contribution < -0.4 is 16.0 Å². The lowest BCUT2D eigenvalue weighted by molar-refractivity contribution is 0.240. The van der Waals surface area contributed by atoms with Crippen LogP contribution in [0.2, 0.25) is 0 Å². The highest BCUT2D eigenvalue weighted by Gasteiger charge is 2.19. The third-order valence-corrected chi connectivity index (χ3v) is 2.95. The first-order valence-electron chi connectivity index (χ1n) is 6.63. The third-order valence-electron chi connectivity index (χ3n) is 2.95. The summed E-state index contributed by atoms with van der Waals surface area (Å²) in [6, 6.07) is 10.6. The van der Waals surface area contributed by atoms with E-state index in [9.17, 15) is 4.79 Å². The summed E-state index contributed by atoms with van der Waals surface area (Å²) in [7, 11) is 0. The number of benzene rings is 1. The van der Waals surface area contributed by atoms with Crippen LogP contribution >= 0.6 is 0 Å². The summed E-state index contributed by atoms with van der Waals surface area (Å²) in [4.78, 5) is 11.5. The summed E-state index contributed by atoms with van der Waals surface area (Å²) in [5.41, 5.74) is 1.11. The summed E-state index contributed by atoms with van der Waals surface area (Å²) in [6.45, 7) is 2.29. The van der Waals surface area contributed by atoms with Crippen molar-refractivity contribution in [3.63, 3.8) is 0 Å². The lowest BCUT2D eigenvalue weighted by Gasteiger charge is -2.08. The zero-order valence-corrected chi connectivity index (χ0v) is 10.6. The van der Waals surface area contributed by atoms with Gasteiger partial charge >= 0.3 is 6.03 Å². The van der Waals surface area contributed by atoms with Gasteiger partial charge in [0.05, 0.1) is 0 Å². The van der Waals surface area contributed by atoms with Crippen LogP contribution in [-0.2, 0) is 6.54 Å². The molecule has 0 aliphatic heterocycles. The van der Waals surface area contributed by atoms with E-state index >= 15 is 0 Å². The van der Waals surface area contributed by atoms with E-state index in [0.717, 1.165) is 31.1 Å². The van der Waals surface area contributed by atoms with E-state index in [4.69, 9.17) is 0 Å². The maximum atomic E-state index is 11.5. The molecule has 1 aromatic rings. The minimum absolute atomic E-state index is 0.0923. The maximum Gasteiger partial charge on any atom is 0.315 e. The summed E-state index contributed by atoms with van der Waals surface area (Å²) in [5.74, 6) is 0. The molecule has 1 fully saturated rings. The van der Waals surface area contributed by atoms with E-state index in [1.54, 1.807) is 0 Å². The standard InChI is InChI=1S/C14H21N3O/c18-14(16-10-4-9-15-13-7-8-13)17-11-12-5-2-1-3-6-12/h1-3,5-6,13,15H,4,7-11H2,(H2,16,17,18). The van der Waals surface area contributed by atoms with Gasteiger partial charge in [-0.15, -0.1) is 0 Å². The van der Waals surface area contributed by atoms with E-state index in [1.807, 2.05) is 30.3 Å². The van der Waals surface area contributed by atoms with E-state index in [2.05, 4.69) is 16.0 Å². The van der Waals surface area contributed by atoms with Crippen LogP contribution in [0.3, 0.4) is 0 Å². The van der Waals surface area contributed by atoms with Crippen molar-refractivity contribution >= 4 is 6.03 Å². The van der Waals surface area contributed by atoms with Crippen molar-refractivity contribution in [2.75, 3.05) is 13.1 Å².